The van der Waals surface area contributed by atoms with Crippen LogP contribution in [0, 0.1) is 5.82 Å². The molecular formula is C22H28FN3O5S. The monoisotopic (exact) mass is 465 g/mol. The van der Waals surface area contributed by atoms with Gasteiger partial charge in [0.15, 0.2) is 6.61 Å². The van der Waals surface area contributed by atoms with Crippen LogP contribution in [0.25, 0.3) is 0 Å². The maximum Gasteiger partial charge on any atom is 0.257 e. The van der Waals surface area contributed by atoms with Gasteiger partial charge in [-0.3, -0.25) is 9.69 Å². The third-order valence-corrected chi connectivity index (χ3v) is 6.95. The molecule has 32 heavy (non-hydrogen) atoms. The Hall–Kier alpha value is -2.69. The van der Waals surface area contributed by atoms with E-state index in [0.29, 0.717) is 51.6 Å². The predicted molar refractivity (Wildman–Crippen MR) is 118 cm³/mol. The first-order chi connectivity index (χ1) is 15.4. The maximum atomic E-state index is 13.1. The number of nitrogens with zero attached hydrogens (tertiary/aromatic N) is 2. The van der Waals surface area contributed by atoms with E-state index in [1.165, 1.54) is 16.4 Å². The average Bonchev–Trinajstić information content (AvgIpc) is 2.79. The summed E-state index contributed by atoms with van der Waals surface area (Å²) in [5.41, 5.74) is 0. The second-order valence-electron chi connectivity index (χ2n) is 7.24. The van der Waals surface area contributed by atoms with Gasteiger partial charge in [0.05, 0.1) is 11.5 Å². The minimum atomic E-state index is -3.63. The second-order valence-corrected chi connectivity index (χ2v) is 9.18. The van der Waals surface area contributed by atoms with Gasteiger partial charge in [-0.2, -0.15) is 4.31 Å². The van der Waals surface area contributed by atoms with Crippen LogP contribution in [0.15, 0.2) is 53.4 Å². The van der Waals surface area contributed by atoms with E-state index in [1.54, 1.807) is 24.3 Å². The lowest BCUT2D eigenvalue weighted by Gasteiger charge is -2.33. The van der Waals surface area contributed by atoms with E-state index in [0.717, 1.165) is 17.9 Å². The Kier molecular flexibility index (Phi) is 8.43. The second kappa shape index (κ2) is 11.3. The van der Waals surface area contributed by atoms with Crippen LogP contribution in [0.5, 0.6) is 11.5 Å². The standard InChI is InChI=1S/C22H28FN3O5S/c1-2-30-19-5-7-20(8-6-19)31-17-22(27)24-11-12-25-13-15-26(16-14-25)32(28,29)21-9-3-18(23)4-10-21/h3-10H,2,11-17H2,1H3,(H,24,27). The number of halogens is 1. The molecule has 1 fully saturated rings. The fraction of sp³-hybridized carbons (Fsp3) is 0.409. The zero-order valence-electron chi connectivity index (χ0n) is 18.0. The van der Waals surface area contributed by atoms with E-state index < -0.39 is 15.8 Å². The van der Waals surface area contributed by atoms with Gasteiger partial charge in [-0.1, -0.05) is 0 Å². The van der Waals surface area contributed by atoms with Crippen molar-refractivity contribution in [1.29, 1.82) is 0 Å². The lowest BCUT2D eigenvalue weighted by Crippen LogP contribution is -2.50. The summed E-state index contributed by atoms with van der Waals surface area (Å²) < 4.78 is 50.6. The number of sulfonamides is 1. The Bertz CT molecular complexity index is 976. The molecule has 0 unspecified atom stereocenters. The van der Waals surface area contributed by atoms with Crippen LogP contribution in [-0.4, -0.2) is 76.0 Å². The van der Waals surface area contributed by atoms with Crippen molar-refractivity contribution in [3.05, 3.63) is 54.3 Å². The summed E-state index contributed by atoms with van der Waals surface area (Å²) in [6.07, 6.45) is 0. The minimum absolute atomic E-state index is 0.0856. The van der Waals surface area contributed by atoms with E-state index in [4.69, 9.17) is 9.47 Å². The molecule has 0 aromatic heterocycles. The van der Waals surface area contributed by atoms with Crippen molar-refractivity contribution < 1.29 is 27.1 Å². The highest BCUT2D eigenvalue weighted by Crippen LogP contribution is 2.18. The molecule has 0 bridgehead atoms. The van der Waals surface area contributed by atoms with Crippen LogP contribution in [0.1, 0.15) is 6.92 Å². The SMILES string of the molecule is CCOc1ccc(OCC(=O)NCCN2CCN(S(=O)(=O)c3ccc(F)cc3)CC2)cc1. The molecule has 1 heterocycles. The van der Waals surface area contributed by atoms with Crippen LogP contribution in [0.4, 0.5) is 4.39 Å². The summed E-state index contributed by atoms with van der Waals surface area (Å²) >= 11 is 0. The van der Waals surface area contributed by atoms with Gasteiger partial charge >= 0.3 is 0 Å². The highest BCUT2D eigenvalue weighted by atomic mass is 32.2. The molecule has 0 spiro atoms. The molecule has 0 saturated carbocycles. The third kappa shape index (κ3) is 6.65. The highest BCUT2D eigenvalue weighted by molar-refractivity contribution is 7.89. The zero-order chi connectivity index (χ0) is 23.0. The van der Waals surface area contributed by atoms with Crippen LogP contribution < -0.4 is 14.8 Å². The minimum Gasteiger partial charge on any atom is -0.494 e. The van der Waals surface area contributed by atoms with E-state index in [2.05, 4.69) is 10.2 Å². The lowest BCUT2D eigenvalue weighted by molar-refractivity contribution is -0.123. The van der Waals surface area contributed by atoms with Gasteiger partial charge in [0.2, 0.25) is 10.0 Å². The number of piperazine rings is 1. The maximum absolute atomic E-state index is 13.1. The van der Waals surface area contributed by atoms with Crippen LogP contribution in [0.2, 0.25) is 0 Å². The number of hydrogen-bond donors (Lipinski definition) is 1. The molecule has 0 aliphatic carbocycles. The summed E-state index contributed by atoms with van der Waals surface area (Å²) in [7, 11) is -3.63. The summed E-state index contributed by atoms with van der Waals surface area (Å²) in [6, 6.07) is 11.9. The van der Waals surface area contributed by atoms with Crippen molar-refractivity contribution in [3.8, 4) is 11.5 Å². The van der Waals surface area contributed by atoms with Crippen molar-refractivity contribution in [3.63, 3.8) is 0 Å². The summed E-state index contributed by atoms with van der Waals surface area (Å²) in [5, 5.41) is 2.81. The molecule has 10 heteroatoms. The van der Waals surface area contributed by atoms with Crippen molar-refractivity contribution in [2.45, 2.75) is 11.8 Å². The van der Waals surface area contributed by atoms with Crippen molar-refractivity contribution in [2.24, 2.45) is 0 Å². The van der Waals surface area contributed by atoms with E-state index in [9.17, 15) is 17.6 Å². The Balaban J connectivity index is 1.35. The topological polar surface area (TPSA) is 88.2 Å². The molecule has 2 aromatic carbocycles. The van der Waals surface area contributed by atoms with Crippen molar-refractivity contribution in [2.75, 3.05) is 52.5 Å². The van der Waals surface area contributed by atoms with Crippen molar-refractivity contribution >= 4 is 15.9 Å². The predicted octanol–water partition coefficient (Wildman–Crippen LogP) is 1.73. The molecule has 0 atom stereocenters. The molecule has 1 aliphatic rings. The number of carbonyl (C=O) groups is 1. The molecular weight excluding hydrogens is 437 g/mol. The number of hydrogen-bond acceptors (Lipinski definition) is 6. The van der Waals surface area contributed by atoms with E-state index in [-0.39, 0.29) is 17.4 Å². The fourth-order valence-corrected chi connectivity index (χ4v) is 4.72. The smallest absolute Gasteiger partial charge is 0.257 e. The number of nitrogens with one attached hydrogen (secondary N) is 1. The van der Waals surface area contributed by atoms with Gasteiger partial charge < -0.3 is 14.8 Å². The Labute approximate surface area is 188 Å². The van der Waals surface area contributed by atoms with Gasteiger partial charge in [-0.25, -0.2) is 12.8 Å². The highest BCUT2D eigenvalue weighted by Gasteiger charge is 2.28. The lowest BCUT2D eigenvalue weighted by atomic mass is 10.3. The Morgan fingerprint density at radius 2 is 1.56 bits per heavy atom. The van der Waals surface area contributed by atoms with Crippen LogP contribution >= 0.6 is 0 Å². The molecule has 3 rings (SSSR count). The van der Waals surface area contributed by atoms with Gasteiger partial charge in [0.1, 0.15) is 17.3 Å². The fourth-order valence-electron chi connectivity index (χ4n) is 3.30. The number of benzene rings is 2. The van der Waals surface area contributed by atoms with Gasteiger partial charge in [0, 0.05) is 39.3 Å². The number of amides is 1. The first kappa shape index (κ1) is 24.0. The average molecular weight is 466 g/mol. The first-order valence-corrected chi connectivity index (χ1v) is 11.9. The van der Waals surface area contributed by atoms with Crippen LogP contribution in [0.3, 0.4) is 0 Å². The quantitative estimate of drug-likeness (QED) is 0.575. The molecule has 1 N–H and O–H groups in total. The molecule has 1 amide bonds. The Morgan fingerprint density at radius 1 is 0.969 bits per heavy atom. The molecule has 8 nitrogen and oxygen atoms in total. The largest absolute Gasteiger partial charge is 0.494 e. The van der Waals surface area contributed by atoms with Gasteiger partial charge in [-0.15, -0.1) is 0 Å². The van der Waals surface area contributed by atoms with Gasteiger partial charge in [0.25, 0.3) is 5.91 Å². The molecule has 0 radical (unpaired) electrons. The van der Waals surface area contributed by atoms with Gasteiger partial charge in [-0.05, 0) is 55.5 Å². The number of carbonyl (C=O) groups excluding carboxylic acids is 1. The van der Waals surface area contributed by atoms with E-state index >= 15 is 0 Å². The summed E-state index contributed by atoms with van der Waals surface area (Å²) in [4.78, 5) is 14.2. The van der Waals surface area contributed by atoms with E-state index in [1.807, 2.05) is 6.92 Å². The normalized spacial score (nSPS) is 15.3. The third-order valence-electron chi connectivity index (χ3n) is 5.04. The Morgan fingerprint density at radius 3 is 2.16 bits per heavy atom. The zero-order valence-corrected chi connectivity index (χ0v) is 18.8. The number of rotatable bonds is 10. The molecule has 1 aliphatic heterocycles. The first-order valence-electron chi connectivity index (χ1n) is 10.5. The molecule has 2 aromatic rings. The molecule has 174 valence electrons. The number of ether oxygens (including phenoxy) is 2. The van der Waals surface area contributed by atoms with Crippen LogP contribution in [-0.2, 0) is 14.8 Å². The summed E-state index contributed by atoms with van der Waals surface area (Å²) in [6.45, 7) is 5.25. The molecule has 1 saturated heterocycles. The summed E-state index contributed by atoms with van der Waals surface area (Å²) in [5.74, 6) is 0.633. The van der Waals surface area contributed by atoms with Crippen molar-refractivity contribution in [1.82, 2.24) is 14.5 Å².